The third-order valence-electron chi connectivity index (χ3n) is 0.851. The fourth-order valence-electron chi connectivity index (χ4n) is 0.437. The van der Waals surface area contributed by atoms with Crippen molar-refractivity contribution in [1.29, 1.82) is 5.41 Å². The Bertz CT molecular complexity index is 131. The zero-order valence-electron chi connectivity index (χ0n) is 4.19. The van der Waals surface area contributed by atoms with Crippen LogP contribution in [0, 0.1) is 5.41 Å². The van der Waals surface area contributed by atoms with Gasteiger partial charge in [0.05, 0.1) is 22.8 Å². The second-order valence-electron chi connectivity index (χ2n) is 1.44. The molecule has 0 unspecified atom stereocenters. The van der Waals surface area contributed by atoms with Gasteiger partial charge >= 0.3 is 0 Å². The predicted molar refractivity (Wildman–Crippen MR) is 35.6 cm³/mol. The average Bonchev–Trinajstić information content (AvgIpc) is 1.77. The molecule has 1 rings (SSSR count). The second kappa shape index (κ2) is 2.17. The van der Waals surface area contributed by atoms with E-state index in [1.54, 1.807) is 16.2 Å². The van der Waals surface area contributed by atoms with E-state index in [-0.39, 0.29) is 0 Å². The first-order valence-electron chi connectivity index (χ1n) is 2.22. The van der Waals surface area contributed by atoms with Gasteiger partial charge in [-0.3, -0.25) is 9.34 Å². The van der Waals surface area contributed by atoms with E-state index in [1.165, 1.54) is 0 Å². The van der Waals surface area contributed by atoms with Gasteiger partial charge in [-0.05, 0) is 6.08 Å². The van der Waals surface area contributed by atoms with E-state index < -0.39 is 0 Å². The minimum absolute atomic E-state index is 0.476. The topological polar surface area (TPSA) is 39.1 Å². The Morgan fingerprint density at radius 2 is 2.62 bits per heavy atom. The van der Waals surface area contributed by atoms with Crippen molar-refractivity contribution in [2.75, 3.05) is 6.67 Å². The van der Waals surface area contributed by atoms with Crippen LogP contribution in [0.3, 0.4) is 0 Å². The first-order valence-corrected chi connectivity index (χ1v) is 2.93. The zero-order valence-corrected chi connectivity index (χ0v) is 5.77. The molecule has 0 saturated carbocycles. The molecule has 8 heavy (non-hydrogen) atoms. The van der Waals surface area contributed by atoms with Gasteiger partial charge in [0.1, 0.15) is 5.84 Å². The van der Waals surface area contributed by atoms with E-state index in [0.717, 1.165) is 0 Å². The van der Waals surface area contributed by atoms with Gasteiger partial charge in [0.25, 0.3) is 0 Å². The first-order chi connectivity index (χ1) is 3.80. The third kappa shape index (κ3) is 1.01. The van der Waals surface area contributed by atoms with E-state index in [9.17, 15) is 0 Å². The molecule has 0 aromatic rings. The lowest BCUT2D eigenvalue weighted by Gasteiger charge is -2.18. The highest BCUT2D eigenvalue weighted by molar-refractivity contribution is 9.07. The summed E-state index contributed by atoms with van der Waals surface area (Å²) < 4.78 is 1.63. The largest absolute Gasteiger partial charge is 0.373 e. The minimum Gasteiger partial charge on any atom is -0.373 e. The molecular formula is C4H6BrN3. The molecular weight excluding hydrogens is 170 g/mol. The van der Waals surface area contributed by atoms with Gasteiger partial charge in [0, 0.05) is 6.20 Å². The quantitative estimate of drug-likeness (QED) is 0.532. The van der Waals surface area contributed by atoms with Gasteiger partial charge in [-0.25, -0.2) is 0 Å². The number of nitrogens with zero attached hydrogens (tertiary/aromatic N) is 1. The van der Waals surface area contributed by atoms with Gasteiger partial charge in [0.15, 0.2) is 0 Å². The number of nitrogens with one attached hydrogen (secondary N) is 2. The number of hydrogen-bond donors (Lipinski definition) is 2. The number of halogens is 1. The van der Waals surface area contributed by atoms with Crippen LogP contribution in [0.4, 0.5) is 0 Å². The van der Waals surface area contributed by atoms with Gasteiger partial charge in [-0.2, -0.15) is 0 Å². The summed E-state index contributed by atoms with van der Waals surface area (Å²) in [4.78, 5) is 0. The SMILES string of the molecule is N=C1C=CNCN1Br. The molecule has 0 fully saturated rings. The lowest BCUT2D eigenvalue weighted by atomic mass is 10.5. The maximum absolute atomic E-state index is 7.15. The normalized spacial score (nSPS) is 18.6. The van der Waals surface area contributed by atoms with Crippen LogP contribution in [0.15, 0.2) is 12.3 Å². The smallest absolute Gasteiger partial charge is 0.133 e. The highest BCUT2D eigenvalue weighted by atomic mass is 79.9. The number of hydrogen-bond acceptors (Lipinski definition) is 2. The monoisotopic (exact) mass is 175 g/mol. The van der Waals surface area contributed by atoms with Crippen LogP contribution in [-0.2, 0) is 0 Å². The summed E-state index contributed by atoms with van der Waals surface area (Å²) in [7, 11) is 0. The molecule has 0 aliphatic carbocycles. The molecule has 0 amide bonds. The van der Waals surface area contributed by atoms with Crippen molar-refractivity contribution < 1.29 is 0 Å². The molecule has 3 nitrogen and oxygen atoms in total. The standard InChI is InChI=1S/C4H6BrN3/c5-8-3-7-2-1-4(8)6/h1-2,6-7H,3H2. The highest BCUT2D eigenvalue weighted by Crippen LogP contribution is 2.00. The number of rotatable bonds is 0. The Labute approximate surface area is 56.2 Å². The van der Waals surface area contributed by atoms with E-state index in [4.69, 9.17) is 5.41 Å². The summed E-state index contributed by atoms with van der Waals surface area (Å²) in [5.41, 5.74) is 0. The van der Waals surface area contributed by atoms with Crippen molar-refractivity contribution in [3.05, 3.63) is 12.3 Å². The summed E-state index contributed by atoms with van der Waals surface area (Å²) in [6.45, 7) is 0.662. The predicted octanol–water partition coefficient (Wildman–Crippen LogP) is 0.650. The van der Waals surface area contributed by atoms with Crippen LogP contribution in [0.2, 0.25) is 0 Å². The van der Waals surface area contributed by atoms with Gasteiger partial charge < -0.3 is 5.32 Å². The Hall–Kier alpha value is -0.510. The van der Waals surface area contributed by atoms with Crippen LogP contribution < -0.4 is 5.32 Å². The van der Waals surface area contributed by atoms with E-state index in [1.807, 2.05) is 0 Å². The summed E-state index contributed by atoms with van der Waals surface area (Å²) >= 11 is 3.15. The number of amidine groups is 1. The molecule has 1 heterocycles. The molecule has 4 heteroatoms. The van der Waals surface area contributed by atoms with E-state index in [2.05, 4.69) is 21.5 Å². The molecule has 0 atom stereocenters. The van der Waals surface area contributed by atoms with Crippen LogP contribution in [0.25, 0.3) is 0 Å². The Morgan fingerprint density at radius 3 is 3.00 bits per heavy atom. The molecule has 0 spiro atoms. The van der Waals surface area contributed by atoms with Gasteiger partial charge in [-0.15, -0.1) is 0 Å². The Balaban J connectivity index is 2.60. The van der Waals surface area contributed by atoms with Crippen LogP contribution >= 0.6 is 16.1 Å². The average molecular weight is 176 g/mol. The molecule has 0 bridgehead atoms. The van der Waals surface area contributed by atoms with Crippen molar-refractivity contribution in [2.24, 2.45) is 0 Å². The van der Waals surface area contributed by atoms with E-state index in [0.29, 0.717) is 12.5 Å². The van der Waals surface area contributed by atoms with Gasteiger partial charge in [0.2, 0.25) is 0 Å². The van der Waals surface area contributed by atoms with Crippen LogP contribution in [0.1, 0.15) is 0 Å². The first kappa shape index (κ1) is 5.62. The molecule has 2 N–H and O–H groups in total. The molecule has 0 radical (unpaired) electrons. The molecule has 0 saturated heterocycles. The molecule has 44 valence electrons. The van der Waals surface area contributed by atoms with Crippen molar-refractivity contribution in [3.63, 3.8) is 0 Å². The molecule has 0 aromatic carbocycles. The lowest BCUT2D eigenvalue weighted by molar-refractivity contribution is 0.625. The Morgan fingerprint density at radius 1 is 1.88 bits per heavy atom. The molecule has 1 aliphatic rings. The summed E-state index contributed by atoms with van der Waals surface area (Å²) in [5.74, 6) is 0.476. The summed E-state index contributed by atoms with van der Waals surface area (Å²) in [6, 6.07) is 0. The summed E-state index contributed by atoms with van der Waals surface area (Å²) in [6.07, 6.45) is 3.43. The van der Waals surface area contributed by atoms with E-state index >= 15 is 0 Å². The maximum Gasteiger partial charge on any atom is 0.133 e. The third-order valence-corrected chi connectivity index (χ3v) is 1.48. The summed E-state index contributed by atoms with van der Waals surface area (Å²) in [5, 5.41) is 10.1. The minimum atomic E-state index is 0.476. The highest BCUT2D eigenvalue weighted by Gasteiger charge is 2.03. The Kier molecular flexibility index (Phi) is 1.53. The van der Waals surface area contributed by atoms with Crippen LogP contribution in [0.5, 0.6) is 0 Å². The van der Waals surface area contributed by atoms with Crippen molar-refractivity contribution in [1.82, 2.24) is 9.24 Å². The van der Waals surface area contributed by atoms with Gasteiger partial charge in [-0.1, -0.05) is 0 Å². The second-order valence-corrected chi connectivity index (χ2v) is 2.30. The fourth-order valence-corrected chi connectivity index (χ4v) is 0.700. The zero-order chi connectivity index (χ0) is 5.98. The fraction of sp³-hybridized carbons (Fsp3) is 0.250. The van der Waals surface area contributed by atoms with Crippen molar-refractivity contribution >= 4 is 22.0 Å². The van der Waals surface area contributed by atoms with Crippen molar-refractivity contribution in [3.8, 4) is 0 Å². The lowest BCUT2D eigenvalue weighted by Crippen LogP contribution is -2.31. The van der Waals surface area contributed by atoms with Crippen molar-refractivity contribution in [2.45, 2.75) is 0 Å². The maximum atomic E-state index is 7.15. The molecule has 1 aliphatic heterocycles. The molecule has 0 aromatic heterocycles. The van der Waals surface area contributed by atoms with Crippen LogP contribution in [-0.4, -0.2) is 16.4 Å².